The molecule has 0 radical (unpaired) electrons. The fourth-order valence-electron chi connectivity index (χ4n) is 1.65. The third-order valence-corrected chi connectivity index (χ3v) is 3.30. The molecule has 86 valence electrons. The van der Waals surface area contributed by atoms with Crippen LogP contribution in [0.4, 0.5) is 5.82 Å². The number of imidazole rings is 1. The number of nitrogens with one attached hydrogen (secondary N) is 1. The molecule has 5 nitrogen and oxygen atoms in total. The number of hydrogen-bond acceptors (Lipinski definition) is 5. The Kier molecular flexibility index (Phi) is 2.71. The van der Waals surface area contributed by atoms with Gasteiger partial charge in [-0.2, -0.15) is 0 Å². The minimum atomic E-state index is 0.818. The molecular weight excluding hydrogens is 234 g/mol. The monoisotopic (exact) mass is 245 g/mol. The standard InChI is InChI=1S/C11H11N5S/c1-6-17-11-9(1)10(14-7-15-11)13-3-5-16-4-2-12-8-16/h1-2,4,6-8H,3,5H2,(H,13,14,15). The van der Waals surface area contributed by atoms with E-state index in [0.29, 0.717) is 0 Å². The molecule has 0 aliphatic carbocycles. The predicted molar refractivity (Wildman–Crippen MR) is 68.1 cm³/mol. The summed E-state index contributed by atoms with van der Waals surface area (Å²) in [6.45, 7) is 1.69. The van der Waals surface area contributed by atoms with Crippen molar-refractivity contribution in [3.8, 4) is 0 Å². The molecule has 3 rings (SSSR count). The van der Waals surface area contributed by atoms with Crippen LogP contribution in [0.5, 0.6) is 0 Å². The first-order valence-corrected chi connectivity index (χ1v) is 6.19. The van der Waals surface area contributed by atoms with Gasteiger partial charge in [0.25, 0.3) is 0 Å². The fraction of sp³-hybridized carbons (Fsp3) is 0.182. The first-order valence-electron chi connectivity index (χ1n) is 5.31. The van der Waals surface area contributed by atoms with E-state index in [1.807, 2.05) is 28.5 Å². The molecule has 0 fully saturated rings. The number of anilines is 1. The summed E-state index contributed by atoms with van der Waals surface area (Å²) in [7, 11) is 0. The van der Waals surface area contributed by atoms with Gasteiger partial charge in [-0.25, -0.2) is 15.0 Å². The van der Waals surface area contributed by atoms with Gasteiger partial charge < -0.3 is 9.88 Å². The van der Waals surface area contributed by atoms with E-state index >= 15 is 0 Å². The summed E-state index contributed by atoms with van der Waals surface area (Å²) in [6, 6.07) is 2.04. The summed E-state index contributed by atoms with van der Waals surface area (Å²) in [4.78, 5) is 13.5. The minimum absolute atomic E-state index is 0.818. The molecule has 0 aromatic carbocycles. The van der Waals surface area contributed by atoms with Crippen molar-refractivity contribution in [1.82, 2.24) is 19.5 Å². The molecule has 1 N–H and O–H groups in total. The van der Waals surface area contributed by atoms with Gasteiger partial charge in [0.1, 0.15) is 17.0 Å². The maximum Gasteiger partial charge on any atom is 0.138 e. The van der Waals surface area contributed by atoms with Crippen molar-refractivity contribution < 1.29 is 0 Å². The molecule has 0 spiro atoms. The second-order valence-electron chi connectivity index (χ2n) is 3.59. The van der Waals surface area contributed by atoms with Crippen molar-refractivity contribution >= 4 is 27.4 Å². The highest BCUT2D eigenvalue weighted by Crippen LogP contribution is 2.23. The van der Waals surface area contributed by atoms with Crippen LogP contribution < -0.4 is 5.32 Å². The van der Waals surface area contributed by atoms with E-state index in [1.54, 1.807) is 23.9 Å². The SMILES string of the molecule is c1cn(CCNc2ncnc3sccc23)cn1. The normalized spacial score (nSPS) is 10.8. The largest absolute Gasteiger partial charge is 0.368 e. The van der Waals surface area contributed by atoms with Crippen molar-refractivity contribution in [1.29, 1.82) is 0 Å². The zero-order valence-corrected chi connectivity index (χ0v) is 9.89. The fourth-order valence-corrected chi connectivity index (χ4v) is 2.39. The molecule has 3 heterocycles. The van der Waals surface area contributed by atoms with E-state index in [1.165, 1.54) is 0 Å². The summed E-state index contributed by atoms with van der Waals surface area (Å²) in [5, 5.41) is 6.43. The van der Waals surface area contributed by atoms with Crippen molar-refractivity contribution in [2.24, 2.45) is 0 Å². The van der Waals surface area contributed by atoms with Crippen molar-refractivity contribution in [2.45, 2.75) is 6.54 Å². The lowest BCUT2D eigenvalue weighted by Crippen LogP contribution is -2.10. The summed E-state index contributed by atoms with van der Waals surface area (Å²) >= 11 is 1.63. The number of aromatic nitrogens is 4. The third kappa shape index (κ3) is 2.12. The van der Waals surface area contributed by atoms with Gasteiger partial charge in [0, 0.05) is 25.5 Å². The van der Waals surface area contributed by atoms with E-state index in [-0.39, 0.29) is 0 Å². The lowest BCUT2D eigenvalue weighted by molar-refractivity contribution is 0.725. The molecule has 3 aromatic heterocycles. The molecule has 0 bridgehead atoms. The predicted octanol–water partition coefficient (Wildman–Crippen LogP) is 2.00. The Labute approximate surface area is 102 Å². The van der Waals surface area contributed by atoms with E-state index < -0.39 is 0 Å². The first kappa shape index (κ1) is 10.2. The van der Waals surface area contributed by atoms with Crippen LogP contribution in [0, 0.1) is 0 Å². The molecule has 3 aromatic rings. The van der Waals surface area contributed by atoms with Gasteiger partial charge in [-0.1, -0.05) is 0 Å². The van der Waals surface area contributed by atoms with Gasteiger partial charge in [0.2, 0.25) is 0 Å². The molecule has 0 aliphatic heterocycles. The van der Waals surface area contributed by atoms with Crippen LogP contribution in [-0.2, 0) is 6.54 Å². The zero-order chi connectivity index (χ0) is 11.5. The summed E-state index contributed by atoms with van der Waals surface area (Å²) in [6.07, 6.45) is 7.13. The topological polar surface area (TPSA) is 55.6 Å². The Morgan fingerprint density at radius 2 is 2.35 bits per heavy atom. The van der Waals surface area contributed by atoms with Crippen LogP contribution in [0.2, 0.25) is 0 Å². The molecule has 0 aliphatic rings. The van der Waals surface area contributed by atoms with Gasteiger partial charge in [0.15, 0.2) is 0 Å². The van der Waals surface area contributed by atoms with Gasteiger partial charge in [0.05, 0.1) is 11.7 Å². The van der Waals surface area contributed by atoms with Crippen molar-refractivity contribution in [3.63, 3.8) is 0 Å². The van der Waals surface area contributed by atoms with Gasteiger partial charge >= 0.3 is 0 Å². The van der Waals surface area contributed by atoms with Crippen LogP contribution in [-0.4, -0.2) is 26.1 Å². The number of fused-ring (bicyclic) bond motifs is 1. The Morgan fingerprint density at radius 3 is 3.24 bits per heavy atom. The van der Waals surface area contributed by atoms with Gasteiger partial charge in [-0.05, 0) is 11.4 Å². The molecule has 0 unspecified atom stereocenters. The van der Waals surface area contributed by atoms with Crippen molar-refractivity contribution in [3.05, 3.63) is 36.5 Å². The van der Waals surface area contributed by atoms with Crippen LogP contribution in [0.25, 0.3) is 10.2 Å². The van der Waals surface area contributed by atoms with E-state index in [2.05, 4.69) is 20.3 Å². The number of hydrogen-bond donors (Lipinski definition) is 1. The second-order valence-corrected chi connectivity index (χ2v) is 4.48. The Morgan fingerprint density at radius 1 is 1.35 bits per heavy atom. The quantitative estimate of drug-likeness (QED) is 0.764. The van der Waals surface area contributed by atoms with E-state index in [9.17, 15) is 0 Å². The van der Waals surface area contributed by atoms with Gasteiger partial charge in [-0.3, -0.25) is 0 Å². The van der Waals surface area contributed by atoms with Crippen molar-refractivity contribution in [2.75, 3.05) is 11.9 Å². The highest BCUT2D eigenvalue weighted by molar-refractivity contribution is 7.16. The average molecular weight is 245 g/mol. The maximum absolute atomic E-state index is 4.26. The number of thiophene rings is 1. The zero-order valence-electron chi connectivity index (χ0n) is 9.08. The number of nitrogens with zero attached hydrogens (tertiary/aromatic N) is 4. The van der Waals surface area contributed by atoms with E-state index in [4.69, 9.17) is 0 Å². The second kappa shape index (κ2) is 4.50. The molecule has 17 heavy (non-hydrogen) atoms. The lowest BCUT2D eigenvalue weighted by atomic mass is 10.4. The van der Waals surface area contributed by atoms with Gasteiger partial charge in [-0.15, -0.1) is 11.3 Å². The summed E-state index contributed by atoms with van der Waals surface area (Å²) in [5.41, 5.74) is 0. The molecule has 0 saturated carbocycles. The van der Waals surface area contributed by atoms with Crippen LogP contribution >= 0.6 is 11.3 Å². The third-order valence-electron chi connectivity index (χ3n) is 2.48. The van der Waals surface area contributed by atoms with E-state index in [0.717, 1.165) is 29.1 Å². The molecular formula is C11H11N5S. The van der Waals surface area contributed by atoms with Crippen LogP contribution in [0.3, 0.4) is 0 Å². The lowest BCUT2D eigenvalue weighted by Gasteiger charge is -2.06. The summed E-state index contributed by atoms with van der Waals surface area (Å²) < 4.78 is 2.03. The Balaban J connectivity index is 1.70. The smallest absolute Gasteiger partial charge is 0.138 e. The molecule has 0 saturated heterocycles. The highest BCUT2D eigenvalue weighted by atomic mass is 32.1. The number of rotatable bonds is 4. The van der Waals surface area contributed by atoms with Crippen LogP contribution in [0.1, 0.15) is 0 Å². The average Bonchev–Trinajstić information content (AvgIpc) is 2.99. The van der Waals surface area contributed by atoms with Crippen LogP contribution in [0.15, 0.2) is 36.5 Å². The first-order chi connectivity index (χ1) is 8.43. The minimum Gasteiger partial charge on any atom is -0.368 e. The molecule has 0 atom stereocenters. The molecule has 0 amide bonds. The maximum atomic E-state index is 4.26. The summed E-state index contributed by atoms with van der Waals surface area (Å²) in [5.74, 6) is 0.899. The molecule has 6 heteroatoms. The highest BCUT2D eigenvalue weighted by Gasteiger charge is 2.03. The Bertz CT molecular complexity index is 601. The Hall–Kier alpha value is -1.95.